The number of carbonyl (C=O) groups excluding carboxylic acids is 1. The van der Waals surface area contributed by atoms with Crippen LogP contribution in [0.25, 0.3) is 0 Å². The van der Waals surface area contributed by atoms with Crippen LogP contribution in [0, 0.1) is 0 Å². The zero-order valence-electron chi connectivity index (χ0n) is 11.9. The molecular formula is C16H16Cl2N2O2. The number of benzene rings is 2. The van der Waals surface area contributed by atoms with E-state index in [9.17, 15) is 4.79 Å². The molecule has 4 nitrogen and oxygen atoms in total. The molecule has 116 valence electrons. The van der Waals surface area contributed by atoms with Crippen LogP contribution < -0.4 is 10.6 Å². The molecule has 0 aromatic heterocycles. The van der Waals surface area contributed by atoms with Gasteiger partial charge in [-0.25, -0.2) is 0 Å². The van der Waals surface area contributed by atoms with Gasteiger partial charge in [-0.15, -0.1) is 0 Å². The first kappa shape index (κ1) is 16.6. The minimum Gasteiger partial charge on any atom is -0.387 e. The molecular weight excluding hydrogens is 323 g/mol. The summed E-state index contributed by atoms with van der Waals surface area (Å²) in [6.45, 7) is 1.42. The standard InChI is InChI=1S/C16H16Cl2N2O2/c1-10(14-7-11(17)5-6-15(14)18)19-12-3-2-4-13(8-12)20-16(22)9-21/h2-8,10,19,21H,9H2,1H3,(H,20,22). The highest BCUT2D eigenvalue weighted by molar-refractivity contribution is 6.33. The van der Waals surface area contributed by atoms with Gasteiger partial charge in [0.05, 0.1) is 6.04 Å². The first-order valence-corrected chi connectivity index (χ1v) is 7.47. The third kappa shape index (κ3) is 4.37. The van der Waals surface area contributed by atoms with Gasteiger partial charge in [0, 0.05) is 21.4 Å². The molecule has 0 aliphatic rings. The van der Waals surface area contributed by atoms with Crippen molar-refractivity contribution in [3.05, 3.63) is 58.1 Å². The number of halogens is 2. The summed E-state index contributed by atoms with van der Waals surface area (Å²) in [6.07, 6.45) is 0. The first-order valence-electron chi connectivity index (χ1n) is 6.72. The van der Waals surface area contributed by atoms with Crippen LogP contribution in [0.4, 0.5) is 11.4 Å². The Labute approximate surface area is 139 Å². The molecule has 1 atom stereocenters. The number of hydrogen-bond acceptors (Lipinski definition) is 3. The molecule has 0 heterocycles. The van der Waals surface area contributed by atoms with E-state index in [0.717, 1.165) is 11.3 Å². The van der Waals surface area contributed by atoms with Crippen molar-refractivity contribution in [1.29, 1.82) is 0 Å². The molecule has 6 heteroatoms. The minimum absolute atomic E-state index is 0.0602. The van der Waals surface area contributed by atoms with Gasteiger partial charge in [0.1, 0.15) is 6.61 Å². The maximum absolute atomic E-state index is 11.2. The zero-order valence-corrected chi connectivity index (χ0v) is 13.4. The van der Waals surface area contributed by atoms with Gasteiger partial charge in [-0.05, 0) is 48.9 Å². The van der Waals surface area contributed by atoms with E-state index in [1.165, 1.54) is 0 Å². The van der Waals surface area contributed by atoms with E-state index < -0.39 is 12.5 Å². The van der Waals surface area contributed by atoms with Crippen LogP contribution >= 0.6 is 23.2 Å². The smallest absolute Gasteiger partial charge is 0.250 e. The lowest BCUT2D eigenvalue weighted by molar-refractivity contribution is -0.118. The van der Waals surface area contributed by atoms with Crippen LogP contribution in [0.3, 0.4) is 0 Å². The summed E-state index contributed by atoms with van der Waals surface area (Å²) < 4.78 is 0. The van der Waals surface area contributed by atoms with E-state index >= 15 is 0 Å². The van der Waals surface area contributed by atoms with Gasteiger partial charge in [0.15, 0.2) is 0 Å². The molecule has 2 rings (SSSR count). The highest BCUT2D eigenvalue weighted by Gasteiger charge is 2.11. The highest BCUT2D eigenvalue weighted by atomic mass is 35.5. The highest BCUT2D eigenvalue weighted by Crippen LogP contribution is 2.29. The first-order chi connectivity index (χ1) is 10.5. The predicted octanol–water partition coefficient (Wildman–Crippen LogP) is 4.10. The maximum Gasteiger partial charge on any atom is 0.250 e. The van der Waals surface area contributed by atoms with Gasteiger partial charge in [0.25, 0.3) is 0 Å². The lowest BCUT2D eigenvalue weighted by atomic mass is 10.1. The van der Waals surface area contributed by atoms with E-state index in [1.54, 1.807) is 24.3 Å². The number of carbonyl (C=O) groups is 1. The number of nitrogens with one attached hydrogen (secondary N) is 2. The van der Waals surface area contributed by atoms with Gasteiger partial charge in [0.2, 0.25) is 5.91 Å². The average Bonchev–Trinajstić information content (AvgIpc) is 2.49. The molecule has 1 unspecified atom stereocenters. The average molecular weight is 339 g/mol. The van der Waals surface area contributed by atoms with Crippen LogP contribution in [0.1, 0.15) is 18.5 Å². The Morgan fingerprint density at radius 1 is 1.18 bits per heavy atom. The number of anilines is 2. The second-order valence-electron chi connectivity index (χ2n) is 4.82. The van der Waals surface area contributed by atoms with E-state index in [1.807, 2.05) is 25.1 Å². The van der Waals surface area contributed by atoms with E-state index in [4.69, 9.17) is 28.3 Å². The molecule has 0 aliphatic carbocycles. The quantitative estimate of drug-likeness (QED) is 0.769. The maximum atomic E-state index is 11.2. The molecule has 0 radical (unpaired) electrons. The number of amides is 1. The zero-order chi connectivity index (χ0) is 16.1. The molecule has 2 aromatic rings. The summed E-state index contributed by atoms with van der Waals surface area (Å²) in [6, 6.07) is 12.5. The lowest BCUT2D eigenvalue weighted by Gasteiger charge is -2.18. The van der Waals surface area contributed by atoms with Crippen LogP contribution in [0.2, 0.25) is 10.0 Å². The Morgan fingerprint density at radius 2 is 1.91 bits per heavy atom. The second-order valence-corrected chi connectivity index (χ2v) is 5.66. The Hall–Kier alpha value is -1.75. The van der Waals surface area contributed by atoms with Crippen molar-refractivity contribution in [2.45, 2.75) is 13.0 Å². The van der Waals surface area contributed by atoms with Crippen LogP contribution in [0.5, 0.6) is 0 Å². The van der Waals surface area contributed by atoms with Crippen LogP contribution in [-0.2, 0) is 4.79 Å². The molecule has 0 saturated heterocycles. The van der Waals surface area contributed by atoms with Gasteiger partial charge in [-0.1, -0.05) is 29.3 Å². The predicted molar refractivity (Wildman–Crippen MR) is 90.7 cm³/mol. The van der Waals surface area contributed by atoms with Gasteiger partial charge < -0.3 is 15.7 Å². The van der Waals surface area contributed by atoms with Crippen LogP contribution in [-0.4, -0.2) is 17.6 Å². The van der Waals surface area contributed by atoms with Crippen molar-refractivity contribution in [3.8, 4) is 0 Å². The van der Waals surface area contributed by atoms with Crippen molar-refractivity contribution >= 4 is 40.5 Å². The van der Waals surface area contributed by atoms with Crippen molar-refractivity contribution in [3.63, 3.8) is 0 Å². The Balaban J connectivity index is 2.14. The van der Waals surface area contributed by atoms with Crippen molar-refractivity contribution in [2.75, 3.05) is 17.2 Å². The Morgan fingerprint density at radius 3 is 2.64 bits per heavy atom. The summed E-state index contributed by atoms with van der Waals surface area (Å²) in [5.41, 5.74) is 2.31. The van der Waals surface area contributed by atoms with Gasteiger partial charge >= 0.3 is 0 Å². The molecule has 0 spiro atoms. The van der Waals surface area contributed by atoms with E-state index in [0.29, 0.717) is 15.7 Å². The lowest BCUT2D eigenvalue weighted by Crippen LogP contribution is -2.15. The number of hydrogen-bond donors (Lipinski definition) is 3. The third-order valence-electron chi connectivity index (χ3n) is 3.10. The molecule has 3 N–H and O–H groups in total. The van der Waals surface area contributed by atoms with Crippen molar-refractivity contribution in [2.24, 2.45) is 0 Å². The fraction of sp³-hybridized carbons (Fsp3) is 0.188. The van der Waals surface area contributed by atoms with Crippen molar-refractivity contribution in [1.82, 2.24) is 0 Å². The SMILES string of the molecule is CC(Nc1cccc(NC(=O)CO)c1)c1cc(Cl)ccc1Cl. The van der Waals surface area contributed by atoms with Crippen LogP contribution in [0.15, 0.2) is 42.5 Å². The topological polar surface area (TPSA) is 61.4 Å². The Kier molecular flexibility index (Phi) is 5.66. The van der Waals surface area contributed by atoms with Gasteiger partial charge in [-0.3, -0.25) is 4.79 Å². The molecule has 0 aliphatic heterocycles. The van der Waals surface area contributed by atoms with E-state index in [2.05, 4.69) is 10.6 Å². The normalized spacial score (nSPS) is 11.8. The summed E-state index contributed by atoms with van der Waals surface area (Å²) in [4.78, 5) is 11.2. The second kappa shape index (κ2) is 7.49. The number of rotatable bonds is 5. The summed E-state index contributed by atoms with van der Waals surface area (Å²) >= 11 is 12.2. The monoisotopic (exact) mass is 338 g/mol. The molecule has 0 fully saturated rings. The molecule has 2 aromatic carbocycles. The molecule has 0 bridgehead atoms. The fourth-order valence-corrected chi connectivity index (χ4v) is 2.52. The fourth-order valence-electron chi connectivity index (χ4n) is 2.06. The molecule has 1 amide bonds. The van der Waals surface area contributed by atoms with Gasteiger partial charge in [-0.2, -0.15) is 0 Å². The van der Waals surface area contributed by atoms with Crippen molar-refractivity contribution < 1.29 is 9.90 Å². The third-order valence-corrected chi connectivity index (χ3v) is 3.68. The summed E-state index contributed by atoms with van der Waals surface area (Å²) in [5.74, 6) is -0.455. The Bertz CT molecular complexity index is 677. The largest absolute Gasteiger partial charge is 0.387 e. The summed E-state index contributed by atoms with van der Waals surface area (Å²) in [7, 11) is 0. The molecule has 0 saturated carbocycles. The number of aliphatic hydroxyl groups excluding tert-OH is 1. The summed E-state index contributed by atoms with van der Waals surface area (Å²) in [5, 5.41) is 15.9. The van der Waals surface area contributed by atoms with E-state index in [-0.39, 0.29) is 6.04 Å². The minimum atomic E-state index is -0.549. The molecule has 22 heavy (non-hydrogen) atoms. The number of aliphatic hydroxyl groups is 1.